The van der Waals surface area contributed by atoms with Gasteiger partial charge in [-0.2, -0.15) is 4.31 Å². The number of rotatable bonds is 6. The number of hydrogen-bond donors (Lipinski definition) is 4. The molecule has 4 fully saturated rings. The summed E-state index contributed by atoms with van der Waals surface area (Å²) in [5.74, 6) is -6.92. The minimum Gasteiger partial charge on any atom is -0.461 e. The first-order chi connectivity index (χ1) is 32.6. The summed E-state index contributed by atoms with van der Waals surface area (Å²) in [6.07, 6.45) is 12.8. The van der Waals surface area contributed by atoms with Crippen LogP contribution in [0.15, 0.2) is 47.6 Å². The number of piperidine rings is 1. The van der Waals surface area contributed by atoms with Crippen molar-refractivity contribution < 1.29 is 61.9 Å². The van der Waals surface area contributed by atoms with Gasteiger partial charge in [0.05, 0.1) is 24.1 Å². The van der Waals surface area contributed by atoms with Crippen LogP contribution in [0.25, 0.3) is 0 Å². The maximum Gasteiger partial charge on any atom is 0.329 e. The number of hydrogen-bond acceptors (Lipinski definition) is 14. The van der Waals surface area contributed by atoms with Crippen LogP contribution in [-0.4, -0.2) is 150 Å². The maximum absolute atomic E-state index is 14.4. The van der Waals surface area contributed by atoms with Crippen molar-refractivity contribution in [3.63, 3.8) is 0 Å². The molecule has 0 aromatic rings. The molecule has 17 heteroatoms. The Hall–Kier alpha value is -3.13. The molecule has 1 amide bonds. The monoisotopic (exact) mass is 990 g/mol. The first-order valence-electron chi connectivity index (χ1n) is 25.5. The van der Waals surface area contributed by atoms with Crippen LogP contribution in [-0.2, 0) is 48.1 Å². The number of carbonyl (C=O) groups is 4. The van der Waals surface area contributed by atoms with Crippen molar-refractivity contribution in [3.8, 4) is 0 Å². The molecule has 5 N–H and O–H groups in total. The first-order valence-corrected chi connectivity index (χ1v) is 27.1. The Morgan fingerprint density at radius 2 is 1.59 bits per heavy atom. The zero-order valence-corrected chi connectivity index (χ0v) is 43.2. The van der Waals surface area contributed by atoms with Gasteiger partial charge < -0.3 is 44.9 Å². The maximum atomic E-state index is 14.4. The van der Waals surface area contributed by atoms with E-state index in [1.807, 2.05) is 58.1 Å². The number of Topliss-reactive ketones (excluding diaryl/α,β-unsaturated/α-hetero) is 2. The molecule has 5 rings (SSSR count). The number of nitrogens with zero attached hydrogens (tertiary/aromatic N) is 2. The van der Waals surface area contributed by atoms with Gasteiger partial charge in [-0.15, -0.1) is 0 Å². The van der Waals surface area contributed by atoms with Crippen LogP contribution in [0, 0.1) is 29.6 Å². The molecular weight excluding hydrogens is 907 g/mol. The Labute approximate surface area is 411 Å². The topological polar surface area (TPSA) is 233 Å². The molecule has 15 atom stereocenters. The lowest BCUT2D eigenvalue weighted by Crippen LogP contribution is -2.61. The highest BCUT2D eigenvalue weighted by molar-refractivity contribution is 7.89. The van der Waals surface area contributed by atoms with E-state index in [4.69, 9.17) is 24.7 Å². The molecule has 5 aliphatic rings. The van der Waals surface area contributed by atoms with E-state index in [1.165, 1.54) is 16.3 Å². The molecule has 16 nitrogen and oxygen atoms in total. The third kappa shape index (κ3) is 14.5. The van der Waals surface area contributed by atoms with Crippen LogP contribution in [0.4, 0.5) is 0 Å². The lowest BCUT2D eigenvalue weighted by molar-refractivity contribution is -0.264. The number of sulfonamides is 1. The quantitative estimate of drug-likeness (QED) is 0.155. The number of nitrogens with two attached hydrogens (primary N) is 1. The molecular formula is C52H83N3O13S. The summed E-state index contributed by atoms with van der Waals surface area (Å²) in [6, 6.07) is -2.36. The number of methoxy groups -OCH3 is 2. The zero-order chi connectivity index (χ0) is 50.8. The van der Waals surface area contributed by atoms with Gasteiger partial charge in [0, 0.05) is 51.2 Å². The van der Waals surface area contributed by atoms with Crippen LogP contribution >= 0.6 is 0 Å². The molecule has 3 saturated heterocycles. The van der Waals surface area contributed by atoms with Gasteiger partial charge >= 0.3 is 5.97 Å². The Balaban J connectivity index is 1.48. The van der Waals surface area contributed by atoms with Gasteiger partial charge in [0.25, 0.3) is 11.7 Å². The van der Waals surface area contributed by atoms with Crippen molar-refractivity contribution in [1.29, 1.82) is 0 Å². The van der Waals surface area contributed by atoms with Gasteiger partial charge in [0.2, 0.25) is 15.8 Å². The van der Waals surface area contributed by atoms with Gasteiger partial charge in [0.15, 0.2) is 5.78 Å². The molecule has 2 bridgehead atoms. The van der Waals surface area contributed by atoms with E-state index in [9.17, 15) is 42.9 Å². The van der Waals surface area contributed by atoms with Crippen molar-refractivity contribution in [2.45, 2.75) is 192 Å². The second kappa shape index (κ2) is 25.5. The second-order valence-corrected chi connectivity index (χ2v) is 23.0. The summed E-state index contributed by atoms with van der Waals surface area (Å²) in [6.45, 7) is 11.4. The van der Waals surface area contributed by atoms with Gasteiger partial charge in [-0.25, -0.2) is 13.2 Å². The van der Waals surface area contributed by atoms with Crippen molar-refractivity contribution in [2.24, 2.45) is 35.3 Å². The lowest BCUT2D eigenvalue weighted by Gasteiger charge is -2.43. The molecule has 0 radical (unpaired) electrons. The summed E-state index contributed by atoms with van der Waals surface area (Å²) in [7, 11) is -0.628. The molecule has 1 aliphatic carbocycles. The summed E-state index contributed by atoms with van der Waals surface area (Å²) >= 11 is 0. The fourth-order valence-electron chi connectivity index (χ4n) is 11.2. The third-order valence-electron chi connectivity index (χ3n) is 15.5. The molecule has 0 aromatic carbocycles. The Kier molecular flexibility index (Phi) is 21.0. The molecule has 1 saturated carbocycles. The van der Waals surface area contributed by atoms with Crippen LogP contribution < -0.4 is 5.73 Å². The standard InChI is InChI=1S/C52H83N3O13S/c1-32-15-10-9-11-16-33(2)42(55-25-14-26-69(55,63)64)31-40-21-18-37(6)52(62,68-40)49(59)50(60)54-24-13-12-17-41(54)51(61)67-44(34(3)28-38-19-22-43(56)45(30-38)65-7)23-20-39(53)29-36(5)47(58)48(66-8)46(57)35(4)27-32/h9-11,15-16,29,32,34-35,37-45,47-48,56,58,62H,12-14,17-28,30-31,53H2,1-8H3/b11-9+,15-10+,33-16+,36-29+/t32-,34-,35-,37-,38?,39+,40?,41?,42?,43-,44+,45-,47-,48+,52-/m1/s1. The summed E-state index contributed by atoms with van der Waals surface area (Å²) in [5, 5.41) is 34.1. The minimum atomic E-state index is -3.61. The molecule has 4 unspecified atom stereocenters. The van der Waals surface area contributed by atoms with E-state index in [2.05, 4.69) is 0 Å². The number of aliphatic hydroxyl groups is 3. The first kappa shape index (κ1) is 56.8. The summed E-state index contributed by atoms with van der Waals surface area (Å²) < 4.78 is 52.0. The smallest absolute Gasteiger partial charge is 0.329 e. The van der Waals surface area contributed by atoms with Crippen molar-refractivity contribution in [1.82, 2.24) is 9.21 Å². The minimum absolute atomic E-state index is 0.00101. The number of carbonyl (C=O) groups excluding carboxylic acids is 4. The van der Waals surface area contributed by atoms with Crippen molar-refractivity contribution in [3.05, 3.63) is 47.6 Å². The van der Waals surface area contributed by atoms with E-state index in [0.717, 1.165) is 12.0 Å². The summed E-state index contributed by atoms with van der Waals surface area (Å²) in [4.78, 5) is 58.2. The number of allylic oxidation sites excluding steroid dienone is 5. The molecule has 4 heterocycles. The number of fused-ring (bicyclic) bond motifs is 3. The van der Waals surface area contributed by atoms with Crippen LogP contribution in [0.2, 0.25) is 0 Å². The van der Waals surface area contributed by atoms with E-state index < -0.39 is 94.0 Å². The van der Waals surface area contributed by atoms with Crippen molar-refractivity contribution >= 4 is 33.5 Å². The largest absolute Gasteiger partial charge is 0.461 e. The molecule has 0 spiro atoms. The van der Waals surface area contributed by atoms with E-state index in [1.54, 1.807) is 27.0 Å². The third-order valence-corrected chi connectivity index (χ3v) is 17.5. The summed E-state index contributed by atoms with van der Waals surface area (Å²) in [5.41, 5.74) is 7.87. The zero-order valence-electron chi connectivity index (χ0n) is 42.4. The van der Waals surface area contributed by atoms with E-state index in [0.29, 0.717) is 82.7 Å². The van der Waals surface area contributed by atoms with Crippen LogP contribution in [0.3, 0.4) is 0 Å². The Bertz CT molecular complexity index is 2010. The fraction of sp³-hybridized carbons (Fsp3) is 0.769. The van der Waals surface area contributed by atoms with Crippen LogP contribution in [0.1, 0.15) is 131 Å². The predicted octanol–water partition coefficient (Wildman–Crippen LogP) is 5.08. The van der Waals surface area contributed by atoms with Gasteiger partial charge in [-0.05, 0) is 127 Å². The Morgan fingerprint density at radius 3 is 2.28 bits per heavy atom. The molecule has 4 aliphatic heterocycles. The van der Waals surface area contributed by atoms with Crippen molar-refractivity contribution in [2.75, 3.05) is 33.1 Å². The normalized spacial score (nSPS) is 40.9. The Morgan fingerprint density at radius 1 is 0.855 bits per heavy atom. The van der Waals surface area contributed by atoms with Gasteiger partial charge in [0.1, 0.15) is 24.4 Å². The SMILES string of the molecule is CO[C@@H]1CC(C[C@@H](C)[C@@H]2CC[C@H](N)/C=C(\C)[C@@H](O)[C@@H](OC)C(=O)[C@H](C)C[C@H](C)/C=C/C=C/C=C(\C)C(N3CCCS3(=O)=O)CC3CC[C@@H](C)[C@@](O)(O3)C(=O)C(=O)N3CCCCC3C(=O)O2)CC[C@H]1O. The highest BCUT2D eigenvalue weighted by Crippen LogP contribution is 2.39. The highest BCUT2D eigenvalue weighted by atomic mass is 32.2. The average molecular weight is 990 g/mol. The lowest BCUT2D eigenvalue weighted by atomic mass is 9.78. The van der Waals surface area contributed by atoms with E-state index in [-0.39, 0.29) is 54.8 Å². The number of esters is 1. The van der Waals surface area contributed by atoms with Gasteiger partial charge in [-0.3, -0.25) is 14.4 Å². The molecule has 390 valence electrons. The fourth-order valence-corrected chi connectivity index (χ4v) is 13.0. The number of aliphatic hydroxyl groups excluding tert-OH is 2. The highest BCUT2D eigenvalue weighted by Gasteiger charge is 2.53. The number of ketones is 2. The predicted molar refractivity (Wildman–Crippen MR) is 262 cm³/mol. The number of amides is 1. The number of ether oxygens (including phenoxy) is 4. The van der Waals surface area contributed by atoms with Crippen LogP contribution in [0.5, 0.6) is 0 Å². The van der Waals surface area contributed by atoms with E-state index >= 15 is 0 Å². The average Bonchev–Trinajstić information content (AvgIpc) is 3.67. The molecule has 69 heavy (non-hydrogen) atoms. The molecule has 0 aromatic heterocycles. The van der Waals surface area contributed by atoms with Gasteiger partial charge in [-0.1, -0.05) is 69.7 Å². The number of cyclic esters (lactones) is 1. The second-order valence-electron chi connectivity index (χ2n) is 20.9.